The number of halogens is 2. The van der Waals surface area contributed by atoms with Gasteiger partial charge >= 0.3 is 0 Å². The van der Waals surface area contributed by atoms with Crippen LogP contribution in [0.25, 0.3) is 0 Å². The molecule has 1 saturated heterocycles. The van der Waals surface area contributed by atoms with Gasteiger partial charge in [-0.25, -0.2) is 27.8 Å². The van der Waals surface area contributed by atoms with Crippen LogP contribution in [0.2, 0.25) is 5.28 Å². The van der Waals surface area contributed by atoms with Crippen LogP contribution >= 0.6 is 11.6 Å². The van der Waals surface area contributed by atoms with E-state index in [0.717, 1.165) is 18.3 Å². The minimum absolute atomic E-state index is 0.0338. The van der Waals surface area contributed by atoms with Gasteiger partial charge in [0.25, 0.3) is 0 Å². The van der Waals surface area contributed by atoms with Gasteiger partial charge in [0.15, 0.2) is 5.03 Å². The molecule has 1 aliphatic rings. The Bertz CT molecular complexity index is 864. The summed E-state index contributed by atoms with van der Waals surface area (Å²) in [5.41, 5.74) is 0.250. The fraction of sp³-hybridized carbons (Fsp3) is 0.400. The fourth-order valence-corrected chi connectivity index (χ4v) is 3.92. The number of aromatic nitrogens is 3. The van der Waals surface area contributed by atoms with Crippen LogP contribution in [0, 0.1) is 5.82 Å². The van der Waals surface area contributed by atoms with E-state index in [2.05, 4.69) is 15.0 Å². The first-order valence-corrected chi connectivity index (χ1v) is 9.60. The van der Waals surface area contributed by atoms with E-state index in [1.807, 2.05) is 11.8 Å². The topological polar surface area (TPSA) is 85.3 Å². The largest absolute Gasteiger partial charge is 0.377 e. The quantitative estimate of drug-likeness (QED) is 0.741. The van der Waals surface area contributed by atoms with Crippen LogP contribution in [0.4, 0.5) is 10.2 Å². The van der Waals surface area contributed by atoms with Gasteiger partial charge in [-0.05, 0) is 30.7 Å². The van der Waals surface area contributed by atoms with Crippen molar-refractivity contribution in [2.45, 2.75) is 23.7 Å². The van der Waals surface area contributed by atoms with E-state index >= 15 is 0 Å². The smallest absolute Gasteiger partial charge is 0.224 e. The molecular weight excluding hydrogens is 371 g/mol. The Morgan fingerprint density at radius 3 is 2.88 bits per heavy atom. The highest BCUT2D eigenvalue weighted by atomic mass is 35.5. The van der Waals surface area contributed by atoms with Crippen molar-refractivity contribution >= 4 is 27.3 Å². The summed E-state index contributed by atoms with van der Waals surface area (Å²) in [6, 6.07) is 3.85. The minimum atomic E-state index is -3.78. The zero-order valence-electron chi connectivity index (χ0n) is 13.4. The van der Waals surface area contributed by atoms with E-state index < -0.39 is 21.4 Å². The highest BCUT2D eigenvalue weighted by molar-refractivity contribution is 7.90. The van der Waals surface area contributed by atoms with Crippen LogP contribution in [0.5, 0.6) is 0 Å². The Balaban J connectivity index is 1.88. The lowest BCUT2D eigenvalue weighted by atomic mass is 10.2. The number of hydrogen-bond donors (Lipinski definition) is 0. The van der Waals surface area contributed by atoms with E-state index in [0.29, 0.717) is 25.6 Å². The zero-order valence-corrected chi connectivity index (χ0v) is 15.0. The molecular formula is C15H16ClFN4O3S. The van der Waals surface area contributed by atoms with Gasteiger partial charge in [0.05, 0.1) is 36.9 Å². The fourth-order valence-electron chi connectivity index (χ4n) is 2.56. The number of nitrogens with zero attached hydrogens (tertiary/aromatic N) is 4. The third-order valence-electron chi connectivity index (χ3n) is 3.76. The zero-order chi connectivity index (χ0) is 18.0. The molecule has 2 aromatic heterocycles. The molecule has 0 aliphatic carbocycles. The molecule has 10 heteroatoms. The number of sulfone groups is 1. The van der Waals surface area contributed by atoms with Gasteiger partial charge in [0, 0.05) is 12.6 Å². The van der Waals surface area contributed by atoms with Crippen LogP contribution < -0.4 is 4.90 Å². The first-order valence-electron chi connectivity index (χ1n) is 7.57. The third kappa shape index (κ3) is 4.23. The maximum atomic E-state index is 12.9. The number of hydrogen-bond acceptors (Lipinski definition) is 7. The molecule has 0 aromatic carbocycles. The van der Waals surface area contributed by atoms with Gasteiger partial charge in [-0.15, -0.1) is 0 Å². The summed E-state index contributed by atoms with van der Waals surface area (Å²) < 4.78 is 43.2. The van der Waals surface area contributed by atoms with Gasteiger partial charge in [0.1, 0.15) is 11.6 Å². The van der Waals surface area contributed by atoms with Gasteiger partial charge < -0.3 is 9.64 Å². The highest BCUT2D eigenvalue weighted by Crippen LogP contribution is 2.22. The summed E-state index contributed by atoms with van der Waals surface area (Å²) in [5, 5.41) is -0.251. The SMILES string of the molecule is C[C@H]1COCCN1c1cc(CS(=O)(=O)c2ccc(F)cn2)nc(Cl)n1. The van der Waals surface area contributed by atoms with Crippen LogP contribution in [-0.2, 0) is 20.3 Å². The predicted molar refractivity (Wildman–Crippen MR) is 89.8 cm³/mol. The average Bonchev–Trinajstić information content (AvgIpc) is 2.54. The predicted octanol–water partition coefficient (Wildman–Crippen LogP) is 1.86. The Morgan fingerprint density at radius 2 is 2.20 bits per heavy atom. The molecule has 3 heterocycles. The van der Waals surface area contributed by atoms with Crippen molar-refractivity contribution in [3.63, 3.8) is 0 Å². The second kappa shape index (κ2) is 7.19. The molecule has 0 spiro atoms. The van der Waals surface area contributed by atoms with Crippen molar-refractivity contribution < 1.29 is 17.5 Å². The molecule has 1 aliphatic heterocycles. The van der Waals surface area contributed by atoms with E-state index in [9.17, 15) is 12.8 Å². The molecule has 25 heavy (non-hydrogen) atoms. The van der Waals surface area contributed by atoms with E-state index in [-0.39, 0.29) is 22.0 Å². The summed E-state index contributed by atoms with van der Waals surface area (Å²) in [6.07, 6.45) is 0.862. The molecule has 2 aromatic rings. The average molecular weight is 387 g/mol. The number of rotatable bonds is 4. The lowest BCUT2D eigenvalue weighted by Gasteiger charge is -2.34. The second-order valence-corrected chi connectivity index (χ2v) is 7.95. The maximum Gasteiger partial charge on any atom is 0.224 e. The summed E-state index contributed by atoms with van der Waals surface area (Å²) in [6.45, 7) is 3.71. The van der Waals surface area contributed by atoms with Crippen molar-refractivity contribution in [2.75, 3.05) is 24.7 Å². The standard InChI is InChI=1S/C15H16ClFN4O3S/c1-10-8-24-5-4-21(10)13-6-12(19-15(16)20-13)9-25(22,23)14-3-2-11(17)7-18-14/h2-3,6-7,10H,4-5,8-9H2,1H3/t10-/m0/s1. The van der Waals surface area contributed by atoms with Gasteiger partial charge in [-0.3, -0.25) is 0 Å². The molecule has 3 rings (SSSR count). The second-order valence-electron chi connectivity index (χ2n) is 5.68. The lowest BCUT2D eigenvalue weighted by Crippen LogP contribution is -2.44. The lowest BCUT2D eigenvalue weighted by molar-refractivity contribution is 0.0985. The molecule has 0 radical (unpaired) electrons. The monoisotopic (exact) mass is 386 g/mol. The van der Waals surface area contributed by atoms with Crippen LogP contribution in [0.15, 0.2) is 29.4 Å². The summed E-state index contributed by atoms with van der Waals surface area (Å²) >= 11 is 5.97. The number of ether oxygens (including phenoxy) is 1. The number of morpholine rings is 1. The van der Waals surface area contributed by atoms with Gasteiger partial charge in [-0.1, -0.05) is 0 Å². The van der Waals surface area contributed by atoms with Crippen molar-refractivity contribution in [1.29, 1.82) is 0 Å². The Labute approximate surface area is 149 Å². The molecule has 0 N–H and O–H groups in total. The van der Waals surface area contributed by atoms with E-state index in [1.54, 1.807) is 6.07 Å². The normalized spacial score (nSPS) is 18.4. The number of anilines is 1. The molecule has 0 amide bonds. The molecule has 0 unspecified atom stereocenters. The molecule has 134 valence electrons. The maximum absolute atomic E-state index is 12.9. The summed E-state index contributed by atoms with van der Waals surface area (Å²) in [5.74, 6) is -0.458. The molecule has 0 saturated carbocycles. The molecule has 1 fully saturated rings. The Hall–Kier alpha value is -1.84. The van der Waals surface area contributed by atoms with Crippen LogP contribution in [0.3, 0.4) is 0 Å². The van der Waals surface area contributed by atoms with Gasteiger partial charge in [-0.2, -0.15) is 0 Å². The van der Waals surface area contributed by atoms with Crippen molar-refractivity contribution in [1.82, 2.24) is 15.0 Å². The summed E-state index contributed by atoms with van der Waals surface area (Å²) in [7, 11) is -3.78. The van der Waals surface area contributed by atoms with Crippen LogP contribution in [-0.4, -0.2) is 49.2 Å². The summed E-state index contributed by atoms with van der Waals surface area (Å²) in [4.78, 5) is 13.8. The first-order chi connectivity index (χ1) is 11.8. The van der Waals surface area contributed by atoms with Crippen molar-refractivity contribution in [3.05, 3.63) is 41.2 Å². The third-order valence-corrected chi connectivity index (χ3v) is 5.48. The van der Waals surface area contributed by atoms with E-state index in [1.165, 1.54) is 0 Å². The highest BCUT2D eigenvalue weighted by Gasteiger charge is 2.23. The van der Waals surface area contributed by atoms with Crippen molar-refractivity contribution in [2.24, 2.45) is 0 Å². The van der Waals surface area contributed by atoms with Crippen LogP contribution in [0.1, 0.15) is 12.6 Å². The molecule has 7 nitrogen and oxygen atoms in total. The van der Waals surface area contributed by atoms with Crippen molar-refractivity contribution in [3.8, 4) is 0 Å². The minimum Gasteiger partial charge on any atom is -0.377 e. The number of pyridine rings is 1. The Kier molecular flexibility index (Phi) is 5.16. The van der Waals surface area contributed by atoms with Gasteiger partial charge in [0.2, 0.25) is 15.1 Å². The Morgan fingerprint density at radius 1 is 1.40 bits per heavy atom. The molecule has 0 bridgehead atoms. The van der Waals surface area contributed by atoms with E-state index in [4.69, 9.17) is 16.3 Å². The first kappa shape index (κ1) is 18.0. The molecule has 1 atom stereocenters.